The molecule has 0 bridgehead atoms. The Morgan fingerprint density at radius 2 is 1.76 bits per heavy atom. The van der Waals surface area contributed by atoms with E-state index >= 15 is 4.39 Å². The number of nitrogens with zero attached hydrogens (tertiary/aromatic N) is 3. The predicted molar refractivity (Wildman–Crippen MR) is 125 cm³/mol. The summed E-state index contributed by atoms with van der Waals surface area (Å²) in [5, 5.41) is 20.8. The zero-order valence-corrected chi connectivity index (χ0v) is 19.8. The van der Waals surface area contributed by atoms with Gasteiger partial charge in [0.05, 0.1) is 13.1 Å². The van der Waals surface area contributed by atoms with E-state index in [-0.39, 0.29) is 28.4 Å². The molecule has 3 aliphatic rings. The van der Waals surface area contributed by atoms with E-state index in [0.717, 1.165) is 4.90 Å². The lowest BCUT2D eigenvalue weighted by molar-refractivity contribution is -0.267. The molecule has 1 unspecified atom stereocenters. The summed E-state index contributed by atoms with van der Waals surface area (Å²) in [5.41, 5.74) is -0.721. The number of aliphatic hydroxyl groups excluding tert-OH is 1. The number of benzene rings is 1. The van der Waals surface area contributed by atoms with Crippen LogP contribution in [0.2, 0.25) is 0 Å². The number of rotatable bonds is 6. The van der Waals surface area contributed by atoms with Gasteiger partial charge in [0.1, 0.15) is 17.7 Å². The van der Waals surface area contributed by atoms with Crippen molar-refractivity contribution < 1.29 is 41.3 Å². The fourth-order valence-electron chi connectivity index (χ4n) is 4.86. The van der Waals surface area contributed by atoms with Gasteiger partial charge in [0, 0.05) is 35.0 Å². The first-order valence-corrected chi connectivity index (χ1v) is 11.5. The van der Waals surface area contributed by atoms with Crippen LogP contribution in [0.1, 0.15) is 24.2 Å². The first-order valence-electron chi connectivity index (χ1n) is 11.5. The smallest absolute Gasteiger partial charge is 0.420 e. The average Bonchev–Trinajstić information content (AvgIpc) is 3.14. The van der Waals surface area contributed by atoms with Gasteiger partial charge in [-0.2, -0.15) is 22.0 Å². The molecule has 38 heavy (non-hydrogen) atoms. The van der Waals surface area contributed by atoms with Gasteiger partial charge in [-0.15, -0.1) is 0 Å². The largest absolute Gasteiger partial charge is 0.434 e. The molecule has 2 atom stereocenters. The van der Waals surface area contributed by atoms with Gasteiger partial charge in [-0.25, -0.2) is 14.4 Å². The zero-order valence-electron chi connectivity index (χ0n) is 19.8. The molecular weight excluding hydrogens is 516 g/mol. The topological polar surface area (TPSA) is 78.7 Å². The van der Waals surface area contributed by atoms with Crippen LogP contribution in [0.3, 0.4) is 0 Å². The Balaban J connectivity index is 1.40. The number of hydrogen-bond acceptors (Lipinski definition) is 6. The fourth-order valence-corrected chi connectivity index (χ4v) is 4.86. The number of aromatic nitrogens is 2. The Morgan fingerprint density at radius 1 is 1.11 bits per heavy atom. The average molecular weight is 537 g/mol. The molecule has 2 heterocycles. The summed E-state index contributed by atoms with van der Waals surface area (Å²) in [4.78, 5) is 9.22. The maximum absolute atomic E-state index is 15.1. The highest BCUT2D eigenvalue weighted by molar-refractivity contribution is 5.81. The molecular formula is C26H21F6N3O3. The summed E-state index contributed by atoms with van der Waals surface area (Å²) >= 11 is 0. The second-order valence-corrected chi connectivity index (χ2v) is 9.31. The molecule has 200 valence electrons. The Hall–Kier alpha value is -3.64. The number of allylic oxidation sites excluding steroid dienone is 7. The van der Waals surface area contributed by atoms with Gasteiger partial charge in [0.2, 0.25) is 5.95 Å². The molecule has 1 aromatic carbocycles. The first kappa shape index (κ1) is 26.0. The Labute approximate surface area is 212 Å². The monoisotopic (exact) mass is 537 g/mol. The number of hydrogen-bond donors (Lipinski definition) is 2. The Kier molecular flexibility index (Phi) is 6.35. The highest BCUT2D eigenvalue weighted by Crippen LogP contribution is 2.47. The molecule has 1 saturated heterocycles. The summed E-state index contributed by atoms with van der Waals surface area (Å²) in [7, 11) is 0. The molecule has 2 aliphatic carbocycles. The fraction of sp³-hybridized carbons (Fsp3) is 0.308. The van der Waals surface area contributed by atoms with Crippen LogP contribution in [0, 0.1) is 5.92 Å². The molecule has 0 radical (unpaired) electrons. The molecule has 12 heteroatoms. The molecule has 1 aromatic heterocycles. The summed E-state index contributed by atoms with van der Waals surface area (Å²) in [6, 6.07) is 5.85. The summed E-state index contributed by atoms with van der Waals surface area (Å²) in [6.45, 7) is -2.81. The van der Waals surface area contributed by atoms with Gasteiger partial charge in [-0.05, 0) is 35.8 Å². The van der Waals surface area contributed by atoms with Crippen LogP contribution in [0.5, 0.6) is 5.75 Å². The number of aliphatic hydroxyl groups is 2. The van der Waals surface area contributed by atoms with Crippen LogP contribution < -0.4 is 9.64 Å². The molecule has 2 aromatic rings. The third kappa shape index (κ3) is 4.47. The zero-order chi connectivity index (χ0) is 27.4. The van der Waals surface area contributed by atoms with E-state index in [4.69, 9.17) is 0 Å². The van der Waals surface area contributed by atoms with Crippen molar-refractivity contribution in [3.63, 3.8) is 0 Å². The minimum Gasteiger partial charge on any atom is -0.434 e. The summed E-state index contributed by atoms with van der Waals surface area (Å²) in [6.07, 6.45) is 0.945. The van der Waals surface area contributed by atoms with Crippen molar-refractivity contribution in [3.05, 3.63) is 88.6 Å². The normalized spacial score (nSPS) is 21.5. The standard InChI is InChI=1S/C26H21F6N3O3/c1-13-6-14-7-19(27)17(15-9-33-24(34-10-15)35-11-25(37,12-35)26(30,31)32)8-18(14)21(13)22(36)16-4-2-3-5-20(16)38-23(28)29/h2-10,18,22-23,36-37H,11-12H2,1H3/t18?,22-/m1/s1. The van der Waals surface area contributed by atoms with E-state index in [1.165, 1.54) is 36.7 Å². The van der Waals surface area contributed by atoms with Crippen LogP contribution in [0.4, 0.5) is 32.3 Å². The van der Waals surface area contributed by atoms with Gasteiger partial charge in [-0.3, -0.25) is 0 Å². The number of alkyl halides is 5. The lowest BCUT2D eigenvalue weighted by Gasteiger charge is -2.46. The third-order valence-electron chi connectivity index (χ3n) is 6.81. The molecule has 1 fully saturated rings. The minimum absolute atomic E-state index is 0.0487. The SMILES string of the molecule is CC1=C([C@H](O)c2ccccc2OC(F)F)C2C=C(c3cnc(N4CC(O)(C(F)(F)F)C4)nc3)C(F)=CC2=C1. The van der Waals surface area contributed by atoms with Crippen molar-refractivity contribution in [2.24, 2.45) is 5.92 Å². The van der Waals surface area contributed by atoms with Crippen LogP contribution in [0.25, 0.3) is 5.57 Å². The van der Waals surface area contributed by atoms with Crippen molar-refractivity contribution in [1.82, 2.24) is 9.97 Å². The van der Waals surface area contributed by atoms with Crippen LogP contribution in [-0.4, -0.2) is 51.7 Å². The molecule has 0 saturated carbocycles. The number of para-hydroxylation sites is 1. The highest BCUT2D eigenvalue weighted by Gasteiger charge is 2.61. The Bertz CT molecular complexity index is 1380. The van der Waals surface area contributed by atoms with Crippen LogP contribution in [0.15, 0.2) is 77.4 Å². The van der Waals surface area contributed by atoms with Crippen molar-refractivity contribution >= 4 is 11.5 Å². The maximum atomic E-state index is 15.1. The molecule has 1 aliphatic heterocycles. The maximum Gasteiger partial charge on any atom is 0.420 e. The Morgan fingerprint density at radius 3 is 2.39 bits per heavy atom. The van der Waals surface area contributed by atoms with Crippen molar-refractivity contribution in [2.45, 2.75) is 31.4 Å². The van der Waals surface area contributed by atoms with Crippen LogP contribution >= 0.6 is 0 Å². The summed E-state index contributed by atoms with van der Waals surface area (Å²) in [5.74, 6) is -1.43. The molecule has 6 nitrogen and oxygen atoms in total. The van der Waals surface area contributed by atoms with Gasteiger partial charge in [0.15, 0.2) is 5.60 Å². The van der Waals surface area contributed by atoms with E-state index in [9.17, 15) is 32.2 Å². The van der Waals surface area contributed by atoms with Crippen molar-refractivity contribution in [1.29, 1.82) is 0 Å². The minimum atomic E-state index is -4.78. The van der Waals surface area contributed by atoms with E-state index in [1.807, 2.05) is 0 Å². The molecule has 2 N–H and O–H groups in total. The number of anilines is 1. The van der Waals surface area contributed by atoms with Crippen molar-refractivity contribution in [3.8, 4) is 5.75 Å². The van der Waals surface area contributed by atoms with Crippen LogP contribution in [-0.2, 0) is 0 Å². The lowest BCUT2D eigenvalue weighted by atomic mass is 9.82. The number of fused-ring (bicyclic) bond motifs is 1. The molecule has 0 amide bonds. The second-order valence-electron chi connectivity index (χ2n) is 9.31. The van der Waals surface area contributed by atoms with Gasteiger partial charge >= 0.3 is 12.8 Å². The quantitative estimate of drug-likeness (QED) is 0.503. The highest BCUT2D eigenvalue weighted by atomic mass is 19.4. The predicted octanol–water partition coefficient (Wildman–Crippen LogP) is 5.05. The molecule has 0 spiro atoms. The van der Waals surface area contributed by atoms with Gasteiger partial charge in [0.25, 0.3) is 0 Å². The van der Waals surface area contributed by atoms with Gasteiger partial charge < -0.3 is 19.8 Å². The number of ether oxygens (including phenoxy) is 1. The summed E-state index contributed by atoms with van der Waals surface area (Å²) < 4.78 is 84.1. The van der Waals surface area contributed by atoms with E-state index in [0.29, 0.717) is 16.7 Å². The van der Waals surface area contributed by atoms with E-state index in [1.54, 1.807) is 25.1 Å². The second kappa shape index (κ2) is 9.28. The molecule has 5 rings (SSSR count). The van der Waals surface area contributed by atoms with Crippen molar-refractivity contribution in [2.75, 3.05) is 18.0 Å². The van der Waals surface area contributed by atoms with Gasteiger partial charge in [-0.1, -0.05) is 30.4 Å². The number of halogens is 6. The first-order chi connectivity index (χ1) is 17.9. The lowest BCUT2D eigenvalue weighted by Crippen LogP contribution is -2.69. The van der Waals surface area contributed by atoms with E-state index in [2.05, 4.69) is 14.7 Å². The van der Waals surface area contributed by atoms with E-state index < -0.39 is 49.3 Å². The number of β-amino-alcohol motifs (C(OH)–C–C–N with tert-alkyl or cyclic N) is 1. The third-order valence-corrected chi connectivity index (χ3v) is 6.81.